The minimum Gasteiger partial charge on any atom is -0.478 e. The molecule has 0 amide bonds. The molecule has 1 N–H and O–H groups in total. The molecule has 19 heavy (non-hydrogen) atoms. The summed E-state index contributed by atoms with van der Waals surface area (Å²) in [7, 11) is 0. The van der Waals surface area contributed by atoms with Crippen molar-refractivity contribution >= 4 is 29.1 Å². The summed E-state index contributed by atoms with van der Waals surface area (Å²) in [5.41, 5.74) is 0.858. The van der Waals surface area contributed by atoms with Crippen molar-refractivity contribution in [1.82, 2.24) is 4.98 Å². The van der Waals surface area contributed by atoms with Gasteiger partial charge < -0.3 is 9.52 Å². The number of thioether (sulfide) groups is 1. The second kappa shape index (κ2) is 6.25. The van der Waals surface area contributed by atoms with Crippen LogP contribution in [0.1, 0.15) is 29.2 Å². The summed E-state index contributed by atoms with van der Waals surface area (Å²) in [5, 5.41) is 11.8. The highest BCUT2D eigenvalue weighted by atomic mass is 32.2. The van der Waals surface area contributed by atoms with Crippen molar-refractivity contribution in [2.45, 2.75) is 19.6 Å². The van der Waals surface area contributed by atoms with Gasteiger partial charge in [0, 0.05) is 17.2 Å². The van der Waals surface area contributed by atoms with Crippen molar-refractivity contribution in [2.75, 3.05) is 5.75 Å². The molecule has 2 heterocycles. The summed E-state index contributed by atoms with van der Waals surface area (Å²) < 4.78 is 5.22. The standard InChI is InChI=1S/C13H15NO3S2/c1-8(2)5-18-7-12-14-10(6-19-12)11-3-9(4-17-11)13(15)16/h3-4,6,8H,5,7H2,1-2H3,(H,15,16). The van der Waals surface area contributed by atoms with Gasteiger partial charge in [0.05, 0.1) is 5.56 Å². The lowest BCUT2D eigenvalue weighted by Gasteiger charge is -2.01. The molecule has 2 aromatic heterocycles. The number of aromatic nitrogens is 1. The van der Waals surface area contributed by atoms with Crippen LogP contribution in [0.3, 0.4) is 0 Å². The summed E-state index contributed by atoms with van der Waals surface area (Å²) in [4.78, 5) is 15.2. The Morgan fingerprint density at radius 1 is 1.58 bits per heavy atom. The Bertz CT molecular complexity index is 560. The van der Waals surface area contributed by atoms with Gasteiger partial charge in [-0.3, -0.25) is 0 Å². The largest absolute Gasteiger partial charge is 0.478 e. The van der Waals surface area contributed by atoms with Gasteiger partial charge in [-0.2, -0.15) is 11.8 Å². The zero-order valence-electron chi connectivity index (χ0n) is 10.8. The normalized spacial score (nSPS) is 11.1. The second-order valence-electron chi connectivity index (χ2n) is 4.54. The van der Waals surface area contributed by atoms with Crippen molar-refractivity contribution < 1.29 is 14.3 Å². The molecule has 2 rings (SSSR count). The van der Waals surface area contributed by atoms with Gasteiger partial charge in [-0.15, -0.1) is 11.3 Å². The van der Waals surface area contributed by atoms with E-state index in [1.165, 1.54) is 12.3 Å². The topological polar surface area (TPSA) is 63.3 Å². The van der Waals surface area contributed by atoms with E-state index in [-0.39, 0.29) is 5.56 Å². The predicted octanol–water partition coefficient (Wildman–Crippen LogP) is 3.99. The molecule has 0 aliphatic carbocycles. The van der Waals surface area contributed by atoms with Crippen LogP contribution in [0.2, 0.25) is 0 Å². The van der Waals surface area contributed by atoms with Crippen LogP contribution in [0.4, 0.5) is 0 Å². The number of aromatic carboxylic acids is 1. The molecule has 0 fully saturated rings. The monoisotopic (exact) mass is 297 g/mol. The van der Waals surface area contributed by atoms with Gasteiger partial charge in [-0.05, 0) is 11.7 Å². The van der Waals surface area contributed by atoms with Gasteiger partial charge in [-0.1, -0.05) is 13.8 Å². The summed E-state index contributed by atoms with van der Waals surface area (Å²) >= 11 is 3.43. The quantitative estimate of drug-likeness (QED) is 0.873. The van der Waals surface area contributed by atoms with Gasteiger partial charge in [0.2, 0.25) is 0 Å². The first-order chi connectivity index (χ1) is 9.06. The third kappa shape index (κ3) is 3.84. The molecule has 0 spiro atoms. The lowest BCUT2D eigenvalue weighted by Crippen LogP contribution is -1.91. The first kappa shape index (κ1) is 14.1. The highest BCUT2D eigenvalue weighted by Gasteiger charge is 2.12. The number of hydrogen-bond acceptors (Lipinski definition) is 5. The van der Waals surface area contributed by atoms with Crippen molar-refractivity contribution in [3.05, 3.63) is 28.3 Å². The molecule has 4 nitrogen and oxygen atoms in total. The molecule has 0 saturated heterocycles. The van der Waals surface area contributed by atoms with E-state index in [9.17, 15) is 4.79 Å². The average Bonchev–Trinajstić information content (AvgIpc) is 2.95. The molecule has 0 aliphatic heterocycles. The van der Waals surface area contributed by atoms with E-state index in [1.807, 2.05) is 17.1 Å². The molecule has 0 aliphatic rings. The van der Waals surface area contributed by atoms with Crippen LogP contribution in [0.25, 0.3) is 11.5 Å². The Labute approximate surface area is 119 Å². The molecule has 0 radical (unpaired) electrons. The first-order valence-electron chi connectivity index (χ1n) is 5.90. The lowest BCUT2D eigenvalue weighted by atomic mass is 10.3. The number of carbonyl (C=O) groups is 1. The van der Waals surface area contributed by atoms with E-state index in [2.05, 4.69) is 18.8 Å². The maximum Gasteiger partial charge on any atom is 0.338 e. The van der Waals surface area contributed by atoms with Gasteiger partial charge in [0.25, 0.3) is 0 Å². The van der Waals surface area contributed by atoms with E-state index in [4.69, 9.17) is 9.52 Å². The van der Waals surface area contributed by atoms with Crippen molar-refractivity contribution in [3.8, 4) is 11.5 Å². The van der Waals surface area contributed by atoms with E-state index in [1.54, 1.807) is 11.3 Å². The summed E-state index contributed by atoms with van der Waals surface area (Å²) in [6, 6.07) is 1.50. The third-order valence-electron chi connectivity index (χ3n) is 2.33. The lowest BCUT2D eigenvalue weighted by molar-refractivity contribution is 0.0696. The Kier molecular flexibility index (Phi) is 4.66. The number of carboxylic acids is 1. The second-order valence-corrected chi connectivity index (χ2v) is 6.51. The zero-order chi connectivity index (χ0) is 13.8. The molecule has 0 saturated carbocycles. The Morgan fingerprint density at radius 2 is 2.37 bits per heavy atom. The fourth-order valence-electron chi connectivity index (χ4n) is 1.45. The Morgan fingerprint density at radius 3 is 3.00 bits per heavy atom. The van der Waals surface area contributed by atoms with Gasteiger partial charge in [0.15, 0.2) is 5.76 Å². The van der Waals surface area contributed by atoms with Crippen LogP contribution in [0, 0.1) is 5.92 Å². The zero-order valence-corrected chi connectivity index (χ0v) is 12.4. The molecule has 6 heteroatoms. The summed E-state index contributed by atoms with van der Waals surface area (Å²) in [5.74, 6) is 2.19. The average molecular weight is 297 g/mol. The smallest absolute Gasteiger partial charge is 0.338 e. The highest BCUT2D eigenvalue weighted by molar-refractivity contribution is 7.98. The number of hydrogen-bond donors (Lipinski definition) is 1. The van der Waals surface area contributed by atoms with E-state index in [0.29, 0.717) is 17.4 Å². The van der Waals surface area contributed by atoms with Crippen LogP contribution in [0.5, 0.6) is 0 Å². The fraction of sp³-hybridized carbons (Fsp3) is 0.385. The van der Waals surface area contributed by atoms with Crippen molar-refractivity contribution in [2.24, 2.45) is 5.92 Å². The number of thiazole rings is 1. The predicted molar refractivity (Wildman–Crippen MR) is 77.8 cm³/mol. The number of carboxylic acid groups (broad SMARTS) is 1. The van der Waals surface area contributed by atoms with E-state index < -0.39 is 5.97 Å². The van der Waals surface area contributed by atoms with Gasteiger partial charge >= 0.3 is 5.97 Å². The molecule has 0 bridgehead atoms. The molecular weight excluding hydrogens is 282 g/mol. The highest BCUT2D eigenvalue weighted by Crippen LogP contribution is 2.26. The third-order valence-corrected chi connectivity index (χ3v) is 4.74. The van der Waals surface area contributed by atoms with Crippen LogP contribution in [-0.4, -0.2) is 21.8 Å². The maximum absolute atomic E-state index is 10.8. The Hall–Kier alpha value is -1.27. The minimum absolute atomic E-state index is 0.152. The number of furan rings is 1. The number of nitrogens with zero attached hydrogens (tertiary/aromatic N) is 1. The fourth-order valence-corrected chi connectivity index (χ4v) is 3.37. The number of rotatable bonds is 6. The van der Waals surface area contributed by atoms with Crippen molar-refractivity contribution in [3.63, 3.8) is 0 Å². The molecule has 102 valence electrons. The maximum atomic E-state index is 10.8. The van der Waals surface area contributed by atoms with E-state index in [0.717, 1.165) is 16.5 Å². The van der Waals surface area contributed by atoms with Crippen LogP contribution in [0.15, 0.2) is 22.1 Å². The van der Waals surface area contributed by atoms with Crippen LogP contribution >= 0.6 is 23.1 Å². The van der Waals surface area contributed by atoms with E-state index >= 15 is 0 Å². The van der Waals surface area contributed by atoms with Crippen molar-refractivity contribution in [1.29, 1.82) is 0 Å². The first-order valence-corrected chi connectivity index (χ1v) is 7.94. The molecule has 0 unspecified atom stereocenters. The van der Waals surface area contributed by atoms with Gasteiger partial charge in [0.1, 0.15) is 17.0 Å². The molecule has 0 atom stereocenters. The SMILES string of the molecule is CC(C)CSCc1nc(-c2cc(C(=O)O)co2)cs1. The molecule has 0 aromatic carbocycles. The Balaban J connectivity index is 2.01. The summed E-state index contributed by atoms with van der Waals surface area (Å²) in [6.07, 6.45) is 1.24. The summed E-state index contributed by atoms with van der Waals surface area (Å²) in [6.45, 7) is 4.38. The van der Waals surface area contributed by atoms with Crippen LogP contribution < -0.4 is 0 Å². The van der Waals surface area contributed by atoms with Crippen LogP contribution in [-0.2, 0) is 5.75 Å². The molecular formula is C13H15NO3S2. The molecule has 2 aromatic rings. The van der Waals surface area contributed by atoms with Gasteiger partial charge in [-0.25, -0.2) is 9.78 Å². The minimum atomic E-state index is -0.988.